The number of rotatable bonds is 4. The van der Waals surface area contributed by atoms with Crippen LogP contribution in [0.3, 0.4) is 0 Å². The van der Waals surface area contributed by atoms with Crippen molar-refractivity contribution in [1.29, 1.82) is 0 Å². The molecule has 0 aliphatic carbocycles. The molecule has 1 rings (SSSR count). The number of aromatic nitrogens is 1. The fourth-order valence-corrected chi connectivity index (χ4v) is 1.77. The lowest BCUT2D eigenvalue weighted by Gasteiger charge is -2.15. The Bertz CT molecular complexity index is 489. The van der Waals surface area contributed by atoms with Gasteiger partial charge in [0.1, 0.15) is 5.56 Å². The topological polar surface area (TPSA) is 62.5 Å². The van der Waals surface area contributed by atoms with Crippen molar-refractivity contribution in [2.45, 2.75) is 20.4 Å². The zero-order valence-electron chi connectivity index (χ0n) is 10.6. The largest absolute Gasteiger partial charge is 0.477 e. The monoisotopic (exact) mass is 238 g/mol. The van der Waals surface area contributed by atoms with Gasteiger partial charge in [-0.25, -0.2) is 4.79 Å². The van der Waals surface area contributed by atoms with Crippen LogP contribution in [-0.4, -0.2) is 41.2 Å². The summed E-state index contributed by atoms with van der Waals surface area (Å²) in [5.41, 5.74) is 0.756. The third kappa shape index (κ3) is 2.94. The first-order chi connectivity index (χ1) is 7.84. The molecular weight excluding hydrogens is 220 g/mol. The smallest absolute Gasteiger partial charge is 0.341 e. The molecule has 1 heterocycles. The fourth-order valence-electron chi connectivity index (χ4n) is 1.77. The Morgan fingerprint density at radius 3 is 2.47 bits per heavy atom. The first-order valence-electron chi connectivity index (χ1n) is 5.43. The van der Waals surface area contributed by atoms with Gasteiger partial charge in [-0.1, -0.05) is 0 Å². The Morgan fingerprint density at radius 2 is 2.00 bits per heavy atom. The lowest BCUT2D eigenvalue weighted by Crippen LogP contribution is -2.32. The zero-order chi connectivity index (χ0) is 13.2. The fraction of sp³-hybridized carbons (Fsp3) is 0.500. The van der Waals surface area contributed by atoms with Crippen LogP contribution >= 0.6 is 0 Å². The summed E-state index contributed by atoms with van der Waals surface area (Å²) in [6, 6.07) is 1.74. The predicted octanol–water partition coefficient (Wildman–Crippen LogP) is 0.725. The molecule has 0 aliphatic rings. The normalized spacial score (nSPS) is 10.9. The minimum atomic E-state index is -1.16. The number of nitrogens with zero attached hydrogens (tertiary/aromatic N) is 2. The van der Waals surface area contributed by atoms with Crippen LogP contribution in [0.5, 0.6) is 0 Å². The first kappa shape index (κ1) is 13.4. The van der Waals surface area contributed by atoms with Gasteiger partial charge in [0, 0.05) is 18.8 Å². The summed E-state index contributed by atoms with van der Waals surface area (Å²) in [7, 11) is 3.82. The van der Waals surface area contributed by atoms with Crippen LogP contribution in [0.1, 0.15) is 21.6 Å². The van der Waals surface area contributed by atoms with Gasteiger partial charge in [0.05, 0.1) is 0 Å². The maximum Gasteiger partial charge on any atom is 0.341 e. The molecule has 0 aromatic carbocycles. The Kier molecular flexibility index (Phi) is 4.07. The van der Waals surface area contributed by atoms with Crippen LogP contribution in [0, 0.1) is 13.8 Å². The molecule has 1 aromatic rings. The molecule has 1 aromatic heterocycles. The zero-order valence-corrected chi connectivity index (χ0v) is 10.6. The van der Waals surface area contributed by atoms with Gasteiger partial charge in [-0.3, -0.25) is 4.79 Å². The van der Waals surface area contributed by atoms with Crippen LogP contribution in [0.25, 0.3) is 0 Å². The van der Waals surface area contributed by atoms with Gasteiger partial charge in [0.25, 0.3) is 5.56 Å². The molecule has 0 spiro atoms. The van der Waals surface area contributed by atoms with Crippen molar-refractivity contribution < 1.29 is 9.90 Å². The SMILES string of the molecule is Cc1cc(C)n(CCN(C)C)c(=O)c1C(=O)O. The van der Waals surface area contributed by atoms with Crippen LogP contribution in [0.2, 0.25) is 0 Å². The van der Waals surface area contributed by atoms with Gasteiger partial charge < -0.3 is 14.6 Å². The van der Waals surface area contributed by atoms with E-state index in [9.17, 15) is 9.59 Å². The molecule has 0 saturated heterocycles. The van der Waals surface area contributed by atoms with Crippen molar-refractivity contribution in [3.8, 4) is 0 Å². The number of aromatic carboxylic acids is 1. The second kappa shape index (κ2) is 5.14. The highest BCUT2D eigenvalue weighted by molar-refractivity contribution is 5.88. The number of likely N-dealkylation sites (N-methyl/N-ethyl adjacent to an activating group) is 1. The lowest BCUT2D eigenvalue weighted by atomic mass is 10.1. The van der Waals surface area contributed by atoms with E-state index in [0.29, 0.717) is 18.7 Å². The maximum absolute atomic E-state index is 12.0. The molecule has 0 unspecified atom stereocenters. The summed E-state index contributed by atoms with van der Waals surface area (Å²) < 4.78 is 1.51. The van der Waals surface area contributed by atoms with Gasteiger partial charge in [0.15, 0.2) is 0 Å². The van der Waals surface area contributed by atoms with E-state index in [4.69, 9.17) is 5.11 Å². The molecule has 94 valence electrons. The highest BCUT2D eigenvalue weighted by atomic mass is 16.4. The Hall–Kier alpha value is -1.62. The molecule has 0 bridgehead atoms. The third-order valence-corrected chi connectivity index (χ3v) is 2.69. The van der Waals surface area contributed by atoms with Crippen LogP contribution in [0.4, 0.5) is 0 Å². The van der Waals surface area contributed by atoms with Gasteiger partial charge >= 0.3 is 5.97 Å². The van der Waals surface area contributed by atoms with Crippen LogP contribution < -0.4 is 5.56 Å². The number of carboxylic acids is 1. The van der Waals surface area contributed by atoms with Crippen molar-refractivity contribution >= 4 is 5.97 Å². The molecule has 17 heavy (non-hydrogen) atoms. The van der Waals surface area contributed by atoms with E-state index in [0.717, 1.165) is 5.69 Å². The van der Waals surface area contributed by atoms with Crippen LogP contribution in [-0.2, 0) is 6.54 Å². The van der Waals surface area contributed by atoms with E-state index in [-0.39, 0.29) is 5.56 Å². The second-order valence-electron chi connectivity index (χ2n) is 4.41. The van der Waals surface area contributed by atoms with E-state index >= 15 is 0 Å². The van der Waals surface area contributed by atoms with Gasteiger partial charge in [-0.2, -0.15) is 0 Å². The molecule has 0 fully saturated rings. The summed E-state index contributed by atoms with van der Waals surface area (Å²) >= 11 is 0. The summed E-state index contributed by atoms with van der Waals surface area (Å²) in [6.45, 7) is 4.66. The maximum atomic E-state index is 12.0. The molecule has 0 aliphatic heterocycles. The highest BCUT2D eigenvalue weighted by Crippen LogP contribution is 2.06. The van der Waals surface area contributed by atoms with E-state index in [2.05, 4.69) is 0 Å². The number of hydrogen-bond acceptors (Lipinski definition) is 3. The van der Waals surface area contributed by atoms with Crippen molar-refractivity contribution in [2.24, 2.45) is 0 Å². The molecule has 5 heteroatoms. The van der Waals surface area contributed by atoms with Gasteiger partial charge in [0.2, 0.25) is 0 Å². The predicted molar refractivity (Wildman–Crippen MR) is 65.7 cm³/mol. The quantitative estimate of drug-likeness (QED) is 0.839. The Morgan fingerprint density at radius 1 is 1.41 bits per heavy atom. The molecule has 1 N–H and O–H groups in total. The van der Waals surface area contributed by atoms with E-state index in [1.165, 1.54) is 4.57 Å². The third-order valence-electron chi connectivity index (χ3n) is 2.69. The van der Waals surface area contributed by atoms with Crippen molar-refractivity contribution in [2.75, 3.05) is 20.6 Å². The van der Waals surface area contributed by atoms with E-state index < -0.39 is 11.5 Å². The summed E-state index contributed by atoms with van der Waals surface area (Å²) in [5.74, 6) is -1.16. The Balaban J connectivity index is 3.26. The van der Waals surface area contributed by atoms with Gasteiger partial charge in [-0.05, 0) is 39.6 Å². The number of pyridine rings is 1. The molecule has 5 nitrogen and oxygen atoms in total. The summed E-state index contributed by atoms with van der Waals surface area (Å²) in [5, 5.41) is 9.02. The summed E-state index contributed by atoms with van der Waals surface area (Å²) in [4.78, 5) is 25.0. The standard InChI is InChI=1S/C12H18N2O3/c1-8-7-9(2)14(6-5-13(3)4)11(15)10(8)12(16)17/h7H,5-6H2,1-4H3,(H,16,17). The number of hydrogen-bond donors (Lipinski definition) is 1. The molecular formula is C12H18N2O3. The highest BCUT2D eigenvalue weighted by Gasteiger charge is 2.16. The second-order valence-corrected chi connectivity index (χ2v) is 4.41. The van der Waals surface area contributed by atoms with Crippen molar-refractivity contribution in [3.63, 3.8) is 0 Å². The first-order valence-corrected chi connectivity index (χ1v) is 5.43. The molecule has 0 amide bonds. The van der Waals surface area contributed by atoms with Crippen molar-refractivity contribution in [3.05, 3.63) is 33.2 Å². The average molecular weight is 238 g/mol. The number of carbonyl (C=O) groups is 1. The van der Waals surface area contributed by atoms with E-state index in [1.807, 2.05) is 25.9 Å². The molecule has 0 radical (unpaired) electrons. The van der Waals surface area contributed by atoms with Crippen LogP contribution in [0.15, 0.2) is 10.9 Å². The average Bonchev–Trinajstić information content (AvgIpc) is 2.14. The number of aryl methyl sites for hydroxylation is 2. The lowest BCUT2D eigenvalue weighted by molar-refractivity contribution is 0.0693. The Labute approximate surface area is 100 Å². The number of carboxylic acid groups (broad SMARTS) is 1. The molecule has 0 atom stereocenters. The van der Waals surface area contributed by atoms with Crippen molar-refractivity contribution in [1.82, 2.24) is 9.47 Å². The van der Waals surface area contributed by atoms with Gasteiger partial charge in [-0.15, -0.1) is 0 Å². The summed E-state index contributed by atoms with van der Waals surface area (Å²) in [6.07, 6.45) is 0. The molecule has 0 saturated carbocycles. The minimum Gasteiger partial charge on any atom is -0.477 e. The van der Waals surface area contributed by atoms with E-state index in [1.54, 1.807) is 13.0 Å². The minimum absolute atomic E-state index is 0.130.